The van der Waals surface area contributed by atoms with Crippen molar-refractivity contribution in [2.75, 3.05) is 23.3 Å². The lowest BCUT2D eigenvalue weighted by molar-refractivity contribution is 0.726. The van der Waals surface area contributed by atoms with Crippen LogP contribution in [-0.4, -0.2) is 23.1 Å². The predicted octanol–water partition coefficient (Wildman–Crippen LogP) is 4.43. The monoisotopic (exact) mass is 330 g/mol. The molecule has 1 saturated heterocycles. The summed E-state index contributed by atoms with van der Waals surface area (Å²) in [6, 6.07) is 9.91. The molecule has 0 atom stereocenters. The highest BCUT2D eigenvalue weighted by Crippen LogP contribution is 2.20. The minimum absolute atomic E-state index is 0.694. The summed E-state index contributed by atoms with van der Waals surface area (Å²) in [6.45, 7) is 4.90. The summed E-state index contributed by atoms with van der Waals surface area (Å²) in [6.07, 6.45) is 5.14. The van der Waals surface area contributed by atoms with E-state index in [-0.39, 0.29) is 0 Å². The van der Waals surface area contributed by atoms with Crippen molar-refractivity contribution in [3.8, 4) is 0 Å². The average Bonchev–Trinajstić information content (AvgIpc) is 2.83. The second-order valence-corrected chi connectivity index (χ2v) is 6.51. The first-order valence-corrected chi connectivity index (χ1v) is 8.67. The predicted molar refractivity (Wildman–Crippen MR) is 96.2 cm³/mol. The molecular weight excluding hydrogens is 308 g/mol. The van der Waals surface area contributed by atoms with E-state index in [0.717, 1.165) is 35.2 Å². The van der Waals surface area contributed by atoms with E-state index >= 15 is 0 Å². The number of nitrogens with zero attached hydrogens (tertiary/aromatic N) is 3. The number of hydrogen-bond acceptors (Lipinski definition) is 4. The van der Waals surface area contributed by atoms with Gasteiger partial charge in [0, 0.05) is 36.4 Å². The minimum atomic E-state index is 0.694. The standard InChI is InChI=1S/C18H23ClN4/c1-14-12-17(23-10-4-2-3-5-11-23)22-18(21-14)20-13-15-6-8-16(19)9-7-15/h6-9,12H,2-5,10-11,13H2,1H3,(H,20,21,22). The quantitative estimate of drug-likeness (QED) is 0.900. The number of aromatic nitrogens is 2. The van der Waals surface area contributed by atoms with Gasteiger partial charge in [0.25, 0.3) is 0 Å². The van der Waals surface area contributed by atoms with Crippen LogP contribution in [0.5, 0.6) is 0 Å². The smallest absolute Gasteiger partial charge is 0.225 e. The zero-order valence-electron chi connectivity index (χ0n) is 13.6. The summed E-state index contributed by atoms with van der Waals surface area (Å²) < 4.78 is 0. The summed E-state index contributed by atoms with van der Waals surface area (Å²) in [5, 5.41) is 4.08. The van der Waals surface area contributed by atoms with E-state index < -0.39 is 0 Å². The fourth-order valence-corrected chi connectivity index (χ4v) is 3.00. The summed E-state index contributed by atoms with van der Waals surface area (Å²) in [7, 11) is 0. The Morgan fingerprint density at radius 3 is 2.43 bits per heavy atom. The molecule has 1 aliphatic heterocycles. The maximum Gasteiger partial charge on any atom is 0.225 e. The van der Waals surface area contributed by atoms with Crippen molar-refractivity contribution in [1.82, 2.24) is 9.97 Å². The van der Waals surface area contributed by atoms with Crippen molar-refractivity contribution >= 4 is 23.4 Å². The van der Waals surface area contributed by atoms with Crippen LogP contribution in [0, 0.1) is 6.92 Å². The molecule has 4 nitrogen and oxygen atoms in total. The van der Waals surface area contributed by atoms with Crippen molar-refractivity contribution < 1.29 is 0 Å². The molecule has 3 rings (SSSR count). The Bertz CT molecular complexity index is 634. The fraction of sp³-hybridized carbons (Fsp3) is 0.444. The Labute approximate surface area is 142 Å². The maximum atomic E-state index is 5.92. The van der Waals surface area contributed by atoms with E-state index in [1.807, 2.05) is 31.2 Å². The van der Waals surface area contributed by atoms with Crippen LogP contribution in [0.2, 0.25) is 5.02 Å². The molecule has 0 amide bonds. The molecule has 2 heterocycles. The number of hydrogen-bond donors (Lipinski definition) is 1. The van der Waals surface area contributed by atoms with Gasteiger partial charge in [0.1, 0.15) is 5.82 Å². The number of anilines is 2. The van der Waals surface area contributed by atoms with Gasteiger partial charge in [-0.1, -0.05) is 36.6 Å². The summed E-state index contributed by atoms with van der Waals surface area (Å²) in [5.41, 5.74) is 2.16. The second-order valence-electron chi connectivity index (χ2n) is 6.07. The van der Waals surface area contributed by atoms with E-state index in [2.05, 4.69) is 21.3 Å². The van der Waals surface area contributed by atoms with Gasteiger partial charge in [-0.2, -0.15) is 4.98 Å². The number of halogens is 1. The summed E-state index contributed by atoms with van der Waals surface area (Å²) in [5.74, 6) is 1.73. The van der Waals surface area contributed by atoms with Gasteiger partial charge >= 0.3 is 0 Å². The van der Waals surface area contributed by atoms with Gasteiger partial charge in [-0.3, -0.25) is 0 Å². The lowest BCUT2D eigenvalue weighted by Gasteiger charge is -2.22. The lowest BCUT2D eigenvalue weighted by Crippen LogP contribution is -2.25. The Morgan fingerprint density at radius 1 is 1.04 bits per heavy atom. The van der Waals surface area contributed by atoms with E-state index in [4.69, 9.17) is 16.6 Å². The first-order chi connectivity index (χ1) is 11.2. The van der Waals surface area contributed by atoms with Crippen molar-refractivity contribution in [3.63, 3.8) is 0 Å². The molecule has 0 bridgehead atoms. The van der Waals surface area contributed by atoms with Gasteiger partial charge in [0.05, 0.1) is 0 Å². The van der Waals surface area contributed by atoms with Crippen LogP contribution in [0.1, 0.15) is 36.9 Å². The largest absolute Gasteiger partial charge is 0.356 e. The zero-order valence-corrected chi connectivity index (χ0v) is 14.3. The van der Waals surface area contributed by atoms with Crippen molar-refractivity contribution in [1.29, 1.82) is 0 Å². The van der Waals surface area contributed by atoms with Gasteiger partial charge in [-0.05, 0) is 37.5 Å². The second kappa shape index (κ2) is 7.64. The molecule has 0 unspecified atom stereocenters. The molecule has 1 aromatic heterocycles. The number of aryl methyl sites for hydroxylation is 1. The first kappa shape index (κ1) is 16.1. The van der Waals surface area contributed by atoms with Crippen LogP contribution in [0.25, 0.3) is 0 Å². The SMILES string of the molecule is Cc1cc(N2CCCCCC2)nc(NCc2ccc(Cl)cc2)n1. The van der Waals surface area contributed by atoms with E-state index in [1.165, 1.54) is 25.7 Å². The van der Waals surface area contributed by atoms with Crippen LogP contribution in [0.15, 0.2) is 30.3 Å². The highest BCUT2D eigenvalue weighted by atomic mass is 35.5. The Balaban J connectivity index is 1.70. The van der Waals surface area contributed by atoms with Gasteiger partial charge in [0.15, 0.2) is 0 Å². The van der Waals surface area contributed by atoms with Crippen molar-refractivity contribution in [2.24, 2.45) is 0 Å². The van der Waals surface area contributed by atoms with Crippen molar-refractivity contribution in [2.45, 2.75) is 39.2 Å². The first-order valence-electron chi connectivity index (χ1n) is 8.30. The molecule has 0 saturated carbocycles. The molecule has 1 aromatic carbocycles. The van der Waals surface area contributed by atoms with Crippen LogP contribution in [-0.2, 0) is 6.54 Å². The lowest BCUT2D eigenvalue weighted by atomic mass is 10.2. The molecule has 0 spiro atoms. The molecule has 1 N–H and O–H groups in total. The molecule has 122 valence electrons. The normalized spacial score (nSPS) is 15.3. The third-order valence-electron chi connectivity index (χ3n) is 4.13. The van der Waals surface area contributed by atoms with E-state index in [0.29, 0.717) is 12.5 Å². The molecule has 0 aliphatic carbocycles. The number of rotatable bonds is 4. The van der Waals surface area contributed by atoms with Gasteiger partial charge in [-0.25, -0.2) is 4.98 Å². The molecule has 5 heteroatoms. The summed E-state index contributed by atoms with van der Waals surface area (Å²) >= 11 is 5.92. The third kappa shape index (κ3) is 4.58. The van der Waals surface area contributed by atoms with Crippen LogP contribution in [0.4, 0.5) is 11.8 Å². The average molecular weight is 331 g/mol. The van der Waals surface area contributed by atoms with Gasteiger partial charge in [0.2, 0.25) is 5.95 Å². The number of nitrogens with one attached hydrogen (secondary N) is 1. The Morgan fingerprint density at radius 2 is 1.74 bits per heavy atom. The molecular formula is C18H23ClN4. The van der Waals surface area contributed by atoms with E-state index in [1.54, 1.807) is 0 Å². The highest BCUT2D eigenvalue weighted by Gasteiger charge is 2.13. The topological polar surface area (TPSA) is 41.1 Å². The summed E-state index contributed by atoms with van der Waals surface area (Å²) in [4.78, 5) is 11.6. The maximum absolute atomic E-state index is 5.92. The highest BCUT2D eigenvalue weighted by molar-refractivity contribution is 6.30. The fourth-order valence-electron chi connectivity index (χ4n) is 2.88. The molecule has 2 aromatic rings. The molecule has 1 aliphatic rings. The molecule has 1 fully saturated rings. The molecule has 0 radical (unpaired) electrons. The minimum Gasteiger partial charge on any atom is -0.356 e. The van der Waals surface area contributed by atoms with E-state index in [9.17, 15) is 0 Å². The van der Waals surface area contributed by atoms with Gasteiger partial charge in [-0.15, -0.1) is 0 Å². The van der Waals surface area contributed by atoms with Crippen LogP contribution < -0.4 is 10.2 Å². The van der Waals surface area contributed by atoms with Crippen LogP contribution in [0.3, 0.4) is 0 Å². The van der Waals surface area contributed by atoms with Crippen molar-refractivity contribution in [3.05, 3.63) is 46.6 Å². The Kier molecular flexibility index (Phi) is 5.34. The number of benzene rings is 1. The van der Waals surface area contributed by atoms with Crippen LogP contribution >= 0.6 is 11.6 Å². The third-order valence-corrected chi connectivity index (χ3v) is 4.39. The zero-order chi connectivity index (χ0) is 16.1. The van der Waals surface area contributed by atoms with Gasteiger partial charge < -0.3 is 10.2 Å². The molecule has 23 heavy (non-hydrogen) atoms. The Hall–Kier alpha value is -1.81.